The number of benzene rings is 2. The van der Waals surface area contributed by atoms with Crippen LogP contribution in [0.2, 0.25) is 5.02 Å². The third-order valence-electron chi connectivity index (χ3n) is 4.00. The lowest BCUT2D eigenvalue weighted by atomic mass is 10.2. The van der Waals surface area contributed by atoms with Gasteiger partial charge in [-0.3, -0.25) is 0 Å². The summed E-state index contributed by atoms with van der Waals surface area (Å²) in [6, 6.07) is 13.6. The number of aryl methyl sites for hydroxylation is 1. The van der Waals surface area contributed by atoms with Gasteiger partial charge in [0.2, 0.25) is 5.95 Å². The summed E-state index contributed by atoms with van der Waals surface area (Å²) in [6.45, 7) is 3.94. The zero-order valence-electron chi connectivity index (χ0n) is 15.0. The molecule has 27 heavy (non-hydrogen) atoms. The van der Waals surface area contributed by atoms with E-state index in [9.17, 15) is 0 Å². The van der Waals surface area contributed by atoms with Crippen molar-refractivity contribution in [3.05, 3.63) is 63.1 Å². The molecule has 142 valence electrons. The quantitative estimate of drug-likeness (QED) is 0.492. The third-order valence-corrected chi connectivity index (χ3v) is 4.73. The SMILES string of the molecule is CCCCn1nnnc1NCc1cc(Br)ccc1OCc1cccc(Cl)c1. The van der Waals surface area contributed by atoms with E-state index in [0.717, 1.165) is 40.7 Å². The minimum atomic E-state index is 0.448. The molecule has 8 heteroatoms. The third kappa shape index (κ3) is 5.68. The van der Waals surface area contributed by atoms with Crippen LogP contribution in [0.5, 0.6) is 5.75 Å². The predicted octanol–water partition coefficient (Wildman–Crippen LogP) is 5.08. The number of hydrogen-bond acceptors (Lipinski definition) is 5. The molecule has 0 aliphatic rings. The van der Waals surface area contributed by atoms with E-state index in [4.69, 9.17) is 16.3 Å². The van der Waals surface area contributed by atoms with Crippen molar-refractivity contribution < 1.29 is 4.74 Å². The van der Waals surface area contributed by atoms with Crippen LogP contribution >= 0.6 is 27.5 Å². The first-order valence-electron chi connectivity index (χ1n) is 8.81. The van der Waals surface area contributed by atoms with Crippen molar-refractivity contribution in [1.82, 2.24) is 20.2 Å². The standard InChI is InChI=1S/C19H21BrClN5O/c1-2-3-9-26-19(23-24-25-26)22-12-15-11-16(20)7-8-18(15)27-13-14-5-4-6-17(21)10-14/h4-8,10-11H,2-3,9,12-13H2,1H3,(H,22,23,25). The number of anilines is 1. The Balaban J connectivity index is 1.68. The molecular formula is C19H21BrClN5O. The van der Waals surface area contributed by atoms with Crippen molar-refractivity contribution in [2.45, 2.75) is 39.5 Å². The molecule has 0 radical (unpaired) electrons. The average Bonchev–Trinajstić information content (AvgIpc) is 3.11. The molecule has 0 bridgehead atoms. The predicted molar refractivity (Wildman–Crippen MR) is 110 cm³/mol. The highest BCUT2D eigenvalue weighted by Crippen LogP contribution is 2.25. The van der Waals surface area contributed by atoms with E-state index in [1.165, 1.54) is 0 Å². The molecule has 1 N–H and O–H groups in total. The lowest BCUT2D eigenvalue weighted by molar-refractivity contribution is 0.303. The summed E-state index contributed by atoms with van der Waals surface area (Å²) in [5.74, 6) is 1.46. The first-order valence-corrected chi connectivity index (χ1v) is 9.98. The molecule has 0 saturated heterocycles. The second-order valence-electron chi connectivity index (χ2n) is 6.10. The topological polar surface area (TPSA) is 64.9 Å². The van der Waals surface area contributed by atoms with Gasteiger partial charge in [0.25, 0.3) is 0 Å². The van der Waals surface area contributed by atoms with Crippen LogP contribution in [0.4, 0.5) is 5.95 Å². The zero-order chi connectivity index (χ0) is 19.1. The number of halogens is 2. The molecule has 0 aliphatic carbocycles. The van der Waals surface area contributed by atoms with E-state index < -0.39 is 0 Å². The Bertz CT molecular complexity index is 886. The second kappa shape index (κ2) is 9.71. The molecule has 2 aromatic carbocycles. The van der Waals surface area contributed by atoms with Crippen molar-refractivity contribution in [1.29, 1.82) is 0 Å². The molecule has 3 aromatic rings. The lowest BCUT2D eigenvalue weighted by Crippen LogP contribution is -2.10. The molecule has 1 aromatic heterocycles. The van der Waals surface area contributed by atoms with Gasteiger partial charge in [0.05, 0.1) is 0 Å². The van der Waals surface area contributed by atoms with Gasteiger partial charge in [-0.1, -0.05) is 58.1 Å². The highest BCUT2D eigenvalue weighted by molar-refractivity contribution is 9.10. The zero-order valence-corrected chi connectivity index (χ0v) is 17.4. The molecule has 0 atom stereocenters. The van der Waals surface area contributed by atoms with Gasteiger partial charge in [-0.25, -0.2) is 4.68 Å². The van der Waals surface area contributed by atoms with Crippen LogP contribution in [0.25, 0.3) is 0 Å². The maximum Gasteiger partial charge on any atom is 0.243 e. The first kappa shape index (κ1) is 19.6. The van der Waals surface area contributed by atoms with Crippen molar-refractivity contribution >= 4 is 33.5 Å². The molecule has 6 nitrogen and oxygen atoms in total. The number of rotatable bonds is 9. The molecule has 1 heterocycles. The van der Waals surface area contributed by atoms with Crippen molar-refractivity contribution in [3.63, 3.8) is 0 Å². The number of tetrazole rings is 1. The Kier molecular flexibility index (Phi) is 7.06. The molecule has 0 amide bonds. The number of unbranched alkanes of at least 4 members (excludes halogenated alkanes) is 1. The average molecular weight is 451 g/mol. The lowest BCUT2D eigenvalue weighted by Gasteiger charge is -2.13. The summed E-state index contributed by atoms with van der Waals surface area (Å²) in [4.78, 5) is 0. The van der Waals surface area contributed by atoms with Gasteiger partial charge in [0, 0.05) is 28.1 Å². The van der Waals surface area contributed by atoms with E-state index in [1.54, 1.807) is 4.68 Å². The molecule has 0 spiro atoms. The van der Waals surface area contributed by atoms with Crippen LogP contribution in [0.1, 0.15) is 30.9 Å². The highest BCUT2D eigenvalue weighted by Gasteiger charge is 2.09. The van der Waals surface area contributed by atoms with Gasteiger partial charge in [0.1, 0.15) is 12.4 Å². The van der Waals surface area contributed by atoms with E-state index in [2.05, 4.69) is 43.7 Å². The number of hydrogen-bond donors (Lipinski definition) is 1. The van der Waals surface area contributed by atoms with E-state index >= 15 is 0 Å². The van der Waals surface area contributed by atoms with E-state index in [1.807, 2.05) is 42.5 Å². The Hall–Kier alpha value is -2.12. The number of nitrogens with one attached hydrogen (secondary N) is 1. The summed E-state index contributed by atoms with van der Waals surface area (Å²) in [6.07, 6.45) is 2.12. The Morgan fingerprint density at radius 2 is 2.11 bits per heavy atom. The molecule has 3 rings (SSSR count). The normalized spacial score (nSPS) is 10.8. The first-order chi connectivity index (χ1) is 13.2. The largest absolute Gasteiger partial charge is 0.489 e. The smallest absolute Gasteiger partial charge is 0.243 e. The molecular weight excluding hydrogens is 430 g/mol. The summed E-state index contributed by atoms with van der Waals surface area (Å²) in [5.41, 5.74) is 2.03. The molecule has 0 fully saturated rings. The van der Waals surface area contributed by atoms with Crippen LogP contribution in [-0.4, -0.2) is 20.2 Å². The van der Waals surface area contributed by atoms with Crippen LogP contribution in [-0.2, 0) is 19.7 Å². The van der Waals surface area contributed by atoms with E-state index in [-0.39, 0.29) is 0 Å². The molecule has 0 unspecified atom stereocenters. The van der Waals surface area contributed by atoms with Gasteiger partial charge < -0.3 is 10.1 Å². The van der Waals surface area contributed by atoms with Gasteiger partial charge in [-0.15, -0.1) is 0 Å². The second-order valence-corrected chi connectivity index (χ2v) is 7.46. The maximum atomic E-state index is 6.04. The van der Waals surface area contributed by atoms with E-state index in [0.29, 0.717) is 24.1 Å². The molecule has 0 saturated carbocycles. The summed E-state index contributed by atoms with van der Waals surface area (Å²) in [5, 5.41) is 15.9. The Morgan fingerprint density at radius 3 is 2.93 bits per heavy atom. The number of nitrogens with zero attached hydrogens (tertiary/aromatic N) is 4. The van der Waals surface area contributed by atoms with Gasteiger partial charge >= 0.3 is 0 Å². The fourth-order valence-electron chi connectivity index (χ4n) is 2.58. The number of ether oxygens (including phenoxy) is 1. The minimum Gasteiger partial charge on any atom is -0.489 e. The molecule has 0 aliphatic heterocycles. The Morgan fingerprint density at radius 1 is 1.22 bits per heavy atom. The summed E-state index contributed by atoms with van der Waals surface area (Å²) in [7, 11) is 0. The van der Waals surface area contributed by atoms with Crippen LogP contribution in [0.15, 0.2) is 46.9 Å². The highest BCUT2D eigenvalue weighted by atomic mass is 79.9. The summed E-state index contributed by atoms with van der Waals surface area (Å²) >= 11 is 9.57. The maximum absolute atomic E-state index is 6.04. The van der Waals surface area contributed by atoms with Crippen LogP contribution in [0.3, 0.4) is 0 Å². The van der Waals surface area contributed by atoms with Crippen molar-refractivity contribution in [2.24, 2.45) is 0 Å². The van der Waals surface area contributed by atoms with Gasteiger partial charge in [0.15, 0.2) is 0 Å². The fraction of sp³-hybridized carbons (Fsp3) is 0.316. The van der Waals surface area contributed by atoms with Gasteiger partial charge in [-0.05, 0) is 52.7 Å². The van der Waals surface area contributed by atoms with Crippen LogP contribution in [0, 0.1) is 0 Å². The number of aromatic nitrogens is 4. The minimum absolute atomic E-state index is 0.448. The Labute approximate surface area is 172 Å². The van der Waals surface area contributed by atoms with Crippen molar-refractivity contribution in [2.75, 3.05) is 5.32 Å². The summed E-state index contributed by atoms with van der Waals surface area (Å²) < 4.78 is 8.79. The van der Waals surface area contributed by atoms with Crippen molar-refractivity contribution in [3.8, 4) is 5.75 Å². The van der Waals surface area contributed by atoms with Crippen LogP contribution < -0.4 is 10.1 Å². The fourth-order valence-corrected chi connectivity index (χ4v) is 3.20. The van der Waals surface area contributed by atoms with Gasteiger partial charge in [-0.2, -0.15) is 0 Å². The monoisotopic (exact) mass is 449 g/mol.